The maximum atomic E-state index is 12.3. The van der Waals surface area contributed by atoms with E-state index < -0.39 is 0 Å². The van der Waals surface area contributed by atoms with Crippen molar-refractivity contribution in [1.82, 2.24) is 10.2 Å². The van der Waals surface area contributed by atoms with Crippen LogP contribution in [0.3, 0.4) is 0 Å². The molecule has 1 aliphatic rings. The quantitative estimate of drug-likeness (QED) is 0.932. The molecule has 108 valence electrons. The van der Waals surface area contributed by atoms with E-state index in [1.54, 1.807) is 0 Å². The van der Waals surface area contributed by atoms with Crippen molar-refractivity contribution in [3.63, 3.8) is 0 Å². The maximum Gasteiger partial charge on any atom is 0.236 e. The van der Waals surface area contributed by atoms with Gasteiger partial charge >= 0.3 is 0 Å². The van der Waals surface area contributed by atoms with Crippen molar-refractivity contribution in [2.75, 3.05) is 13.1 Å². The number of nitrogens with one attached hydrogen (secondary N) is 1. The Kier molecular flexibility index (Phi) is 4.31. The first kappa shape index (κ1) is 13.8. The molecule has 0 bridgehead atoms. The second-order valence-electron chi connectivity index (χ2n) is 5.42. The molecule has 2 aromatic carbocycles. The summed E-state index contributed by atoms with van der Waals surface area (Å²) in [5.41, 5.74) is 3.85. The van der Waals surface area contributed by atoms with Crippen LogP contribution in [0.1, 0.15) is 16.7 Å². The molecule has 0 aromatic heterocycles. The van der Waals surface area contributed by atoms with Gasteiger partial charge in [-0.1, -0.05) is 54.6 Å². The minimum absolute atomic E-state index is 0.181. The topological polar surface area (TPSA) is 32.3 Å². The van der Waals surface area contributed by atoms with E-state index >= 15 is 0 Å². The molecule has 0 radical (unpaired) electrons. The van der Waals surface area contributed by atoms with Gasteiger partial charge in [0.15, 0.2) is 0 Å². The lowest BCUT2D eigenvalue weighted by Gasteiger charge is -2.29. The van der Waals surface area contributed by atoms with Gasteiger partial charge in [0.25, 0.3) is 0 Å². The fraction of sp³-hybridized carbons (Fsp3) is 0.278. The van der Waals surface area contributed by atoms with Gasteiger partial charge in [-0.25, -0.2) is 0 Å². The monoisotopic (exact) mass is 280 g/mol. The number of carbonyl (C=O) groups is 1. The molecule has 3 nitrogen and oxygen atoms in total. The van der Waals surface area contributed by atoms with E-state index in [-0.39, 0.29) is 5.91 Å². The lowest BCUT2D eigenvalue weighted by molar-refractivity contribution is -0.131. The van der Waals surface area contributed by atoms with Crippen molar-refractivity contribution < 1.29 is 4.79 Å². The van der Waals surface area contributed by atoms with Crippen LogP contribution in [-0.4, -0.2) is 23.9 Å². The number of fused-ring (bicyclic) bond motifs is 1. The van der Waals surface area contributed by atoms with E-state index in [1.165, 1.54) is 16.7 Å². The number of hydrogen-bond acceptors (Lipinski definition) is 2. The molecule has 3 heteroatoms. The molecule has 0 saturated carbocycles. The SMILES string of the molecule is O=C(CNCc1ccccc1)N1CCc2ccccc2C1. The zero-order valence-electron chi connectivity index (χ0n) is 12.1. The third kappa shape index (κ3) is 3.50. The minimum Gasteiger partial charge on any atom is -0.337 e. The van der Waals surface area contributed by atoms with Crippen LogP contribution in [0.25, 0.3) is 0 Å². The molecule has 1 N–H and O–H groups in total. The van der Waals surface area contributed by atoms with Gasteiger partial charge in [0, 0.05) is 19.6 Å². The van der Waals surface area contributed by atoms with E-state index in [2.05, 4.69) is 35.6 Å². The predicted molar refractivity (Wildman–Crippen MR) is 83.7 cm³/mol. The molecule has 1 amide bonds. The van der Waals surface area contributed by atoms with Gasteiger partial charge in [-0.2, -0.15) is 0 Å². The first-order valence-corrected chi connectivity index (χ1v) is 7.42. The van der Waals surface area contributed by atoms with Crippen LogP contribution < -0.4 is 5.32 Å². The van der Waals surface area contributed by atoms with Crippen LogP contribution in [-0.2, 0) is 24.3 Å². The van der Waals surface area contributed by atoms with Crippen LogP contribution in [0.15, 0.2) is 54.6 Å². The highest BCUT2D eigenvalue weighted by Crippen LogP contribution is 2.18. The number of rotatable bonds is 4. The molecule has 0 saturated heterocycles. The van der Waals surface area contributed by atoms with Gasteiger partial charge in [0.1, 0.15) is 0 Å². The van der Waals surface area contributed by atoms with E-state index in [0.29, 0.717) is 6.54 Å². The Balaban J connectivity index is 1.50. The third-order valence-corrected chi connectivity index (χ3v) is 3.93. The molecule has 0 atom stereocenters. The van der Waals surface area contributed by atoms with Crippen molar-refractivity contribution in [2.45, 2.75) is 19.5 Å². The zero-order chi connectivity index (χ0) is 14.5. The lowest BCUT2D eigenvalue weighted by Crippen LogP contribution is -2.41. The van der Waals surface area contributed by atoms with E-state index in [0.717, 1.165) is 26.1 Å². The largest absolute Gasteiger partial charge is 0.337 e. The Morgan fingerprint density at radius 2 is 1.71 bits per heavy atom. The first-order chi connectivity index (χ1) is 10.3. The van der Waals surface area contributed by atoms with Crippen LogP contribution in [0.2, 0.25) is 0 Å². The summed E-state index contributed by atoms with van der Waals surface area (Å²) in [5, 5.41) is 3.23. The Morgan fingerprint density at radius 3 is 2.52 bits per heavy atom. The average Bonchev–Trinajstić information content (AvgIpc) is 2.55. The standard InChI is InChI=1S/C18H20N2O/c21-18(13-19-12-15-6-2-1-3-7-15)20-11-10-16-8-4-5-9-17(16)14-20/h1-9,19H,10-14H2. The normalized spacial score (nSPS) is 13.8. The van der Waals surface area contributed by atoms with Crippen LogP contribution in [0.5, 0.6) is 0 Å². The van der Waals surface area contributed by atoms with Crippen LogP contribution in [0, 0.1) is 0 Å². The van der Waals surface area contributed by atoms with E-state index in [9.17, 15) is 4.79 Å². The molecule has 1 aliphatic heterocycles. The minimum atomic E-state index is 0.181. The highest BCUT2D eigenvalue weighted by atomic mass is 16.2. The number of carbonyl (C=O) groups excluding carboxylic acids is 1. The number of hydrogen-bond donors (Lipinski definition) is 1. The van der Waals surface area contributed by atoms with Crippen molar-refractivity contribution in [3.05, 3.63) is 71.3 Å². The summed E-state index contributed by atoms with van der Waals surface area (Å²) in [4.78, 5) is 14.2. The summed E-state index contributed by atoms with van der Waals surface area (Å²) < 4.78 is 0. The highest BCUT2D eigenvalue weighted by molar-refractivity contribution is 5.78. The molecule has 1 heterocycles. The fourth-order valence-corrected chi connectivity index (χ4v) is 2.73. The molecule has 0 aliphatic carbocycles. The summed E-state index contributed by atoms with van der Waals surface area (Å²) >= 11 is 0. The Hall–Kier alpha value is -2.13. The van der Waals surface area contributed by atoms with Gasteiger partial charge in [-0.15, -0.1) is 0 Å². The molecular weight excluding hydrogens is 260 g/mol. The maximum absolute atomic E-state index is 12.3. The average molecular weight is 280 g/mol. The number of amides is 1. The molecule has 21 heavy (non-hydrogen) atoms. The molecular formula is C18H20N2O. The van der Waals surface area contributed by atoms with Crippen molar-refractivity contribution in [3.8, 4) is 0 Å². The molecule has 3 rings (SSSR count). The summed E-state index contributed by atoms with van der Waals surface area (Å²) in [6.45, 7) is 2.69. The van der Waals surface area contributed by atoms with Gasteiger partial charge in [-0.3, -0.25) is 4.79 Å². The van der Waals surface area contributed by atoms with Gasteiger partial charge < -0.3 is 10.2 Å². The summed E-state index contributed by atoms with van der Waals surface area (Å²) in [7, 11) is 0. The Bertz CT molecular complexity index is 610. The van der Waals surface area contributed by atoms with Crippen LogP contribution in [0.4, 0.5) is 0 Å². The van der Waals surface area contributed by atoms with E-state index in [1.807, 2.05) is 29.2 Å². The third-order valence-electron chi connectivity index (χ3n) is 3.93. The van der Waals surface area contributed by atoms with E-state index in [4.69, 9.17) is 0 Å². The number of benzene rings is 2. The summed E-state index contributed by atoms with van der Waals surface area (Å²) in [6.07, 6.45) is 0.959. The zero-order valence-corrected chi connectivity index (χ0v) is 12.1. The summed E-state index contributed by atoms with van der Waals surface area (Å²) in [5.74, 6) is 0.181. The fourth-order valence-electron chi connectivity index (χ4n) is 2.73. The smallest absolute Gasteiger partial charge is 0.236 e. The van der Waals surface area contributed by atoms with Gasteiger partial charge in [-0.05, 0) is 23.1 Å². The molecule has 0 spiro atoms. The number of nitrogens with zero attached hydrogens (tertiary/aromatic N) is 1. The van der Waals surface area contributed by atoms with Gasteiger partial charge in [0.2, 0.25) is 5.91 Å². The highest BCUT2D eigenvalue weighted by Gasteiger charge is 2.19. The molecule has 0 unspecified atom stereocenters. The van der Waals surface area contributed by atoms with Gasteiger partial charge in [0.05, 0.1) is 6.54 Å². The Morgan fingerprint density at radius 1 is 1.00 bits per heavy atom. The second-order valence-corrected chi connectivity index (χ2v) is 5.42. The van der Waals surface area contributed by atoms with Crippen LogP contribution >= 0.6 is 0 Å². The predicted octanol–water partition coefficient (Wildman–Crippen LogP) is 2.36. The summed E-state index contributed by atoms with van der Waals surface area (Å²) in [6, 6.07) is 18.5. The first-order valence-electron chi connectivity index (χ1n) is 7.42. The lowest BCUT2D eigenvalue weighted by atomic mass is 10.00. The van der Waals surface area contributed by atoms with Crippen molar-refractivity contribution >= 4 is 5.91 Å². The molecule has 0 fully saturated rings. The second kappa shape index (κ2) is 6.55. The van der Waals surface area contributed by atoms with Crippen molar-refractivity contribution in [1.29, 1.82) is 0 Å². The van der Waals surface area contributed by atoms with Crippen molar-refractivity contribution in [2.24, 2.45) is 0 Å². The molecule has 2 aromatic rings. The Labute approximate surface area is 125 Å².